The van der Waals surface area contributed by atoms with Crippen LogP contribution in [0.4, 0.5) is 0 Å². The highest BCUT2D eigenvalue weighted by molar-refractivity contribution is 6.74. The minimum atomic E-state index is -1.72. The molecule has 5 heteroatoms. The van der Waals surface area contributed by atoms with Crippen LogP contribution in [-0.2, 0) is 18.7 Å². The van der Waals surface area contributed by atoms with Crippen LogP contribution in [0.5, 0.6) is 0 Å². The SMILES string of the molecule is COC(C[C@@H](C)C(=O)[C@@H](C)CCO[Si](C)(C)C(C)(C)C)OC. The summed E-state index contributed by atoms with van der Waals surface area (Å²) in [5.74, 6) is 0.208. The number of rotatable bonds is 10. The van der Waals surface area contributed by atoms with Gasteiger partial charge in [0, 0.05) is 39.1 Å². The van der Waals surface area contributed by atoms with E-state index in [1.807, 2.05) is 13.8 Å². The average Bonchev–Trinajstić information content (AvgIpc) is 2.41. The summed E-state index contributed by atoms with van der Waals surface area (Å²) in [6, 6.07) is 0. The van der Waals surface area contributed by atoms with Gasteiger partial charge in [0.25, 0.3) is 0 Å². The van der Waals surface area contributed by atoms with Crippen molar-refractivity contribution in [3.05, 3.63) is 0 Å². The molecule has 0 aromatic heterocycles. The third kappa shape index (κ3) is 6.90. The first kappa shape index (κ1) is 21.8. The number of hydrogen-bond acceptors (Lipinski definition) is 4. The number of carbonyl (C=O) groups excluding carboxylic acids is 1. The predicted molar refractivity (Wildman–Crippen MR) is 93.5 cm³/mol. The van der Waals surface area contributed by atoms with Crippen LogP contribution < -0.4 is 0 Å². The Kier molecular flexibility index (Phi) is 9.06. The molecule has 0 heterocycles. The van der Waals surface area contributed by atoms with Gasteiger partial charge in [0.05, 0.1) is 0 Å². The maximum absolute atomic E-state index is 12.4. The smallest absolute Gasteiger partial charge is 0.191 e. The van der Waals surface area contributed by atoms with E-state index in [4.69, 9.17) is 13.9 Å². The molecule has 0 N–H and O–H groups in total. The lowest BCUT2D eigenvalue weighted by Crippen LogP contribution is -2.41. The molecule has 0 saturated carbocycles. The molecule has 0 aromatic carbocycles. The Morgan fingerprint density at radius 3 is 1.95 bits per heavy atom. The Balaban J connectivity index is 4.32. The topological polar surface area (TPSA) is 44.8 Å². The van der Waals surface area contributed by atoms with E-state index in [2.05, 4.69) is 33.9 Å². The second kappa shape index (κ2) is 9.16. The fourth-order valence-corrected chi connectivity index (χ4v) is 3.09. The van der Waals surface area contributed by atoms with Crippen molar-refractivity contribution in [2.24, 2.45) is 11.8 Å². The standard InChI is InChI=1S/C17H36O4Si/c1-13(10-11-21-22(8,9)17(3,4)5)16(18)14(2)12-15(19-6)20-7/h13-15H,10-12H2,1-9H3/t13-,14+/m0/s1. The average molecular weight is 333 g/mol. The second-order valence-electron chi connectivity index (χ2n) is 7.74. The van der Waals surface area contributed by atoms with E-state index in [1.165, 1.54) is 0 Å². The van der Waals surface area contributed by atoms with Crippen molar-refractivity contribution in [1.82, 2.24) is 0 Å². The molecule has 0 saturated heterocycles. The van der Waals surface area contributed by atoms with Crippen molar-refractivity contribution in [3.8, 4) is 0 Å². The van der Waals surface area contributed by atoms with Gasteiger partial charge in [-0.2, -0.15) is 0 Å². The lowest BCUT2D eigenvalue weighted by molar-refractivity contribution is -0.136. The fraction of sp³-hybridized carbons (Fsp3) is 0.941. The fourth-order valence-electron chi connectivity index (χ4n) is 2.03. The zero-order valence-electron chi connectivity index (χ0n) is 16.0. The van der Waals surface area contributed by atoms with Gasteiger partial charge in [-0.3, -0.25) is 4.79 Å². The maximum atomic E-state index is 12.4. The summed E-state index contributed by atoms with van der Waals surface area (Å²) in [6.45, 7) is 15.8. The van der Waals surface area contributed by atoms with E-state index in [1.54, 1.807) is 14.2 Å². The van der Waals surface area contributed by atoms with Crippen LogP contribution in [0.15, 0.2) is 0 Å². The molecule has 0 aliphatic carbocycles. The molecular weight excluding hydrogens is 296 g/mol. The molecule has 22 heavy (non-hydrogen) atoms. The normalized spacial score (nSPS) is 15.9. The first-order valence-electron chi connectivity index (χ1n) is 8.19. The molecule has 4 nitrogen and oxygen atoms in total. The van der Waals surface area contributed by atoms with Gasteiger partial charge in [-0.1, -0.05) is 34.6 Å². The van der Waals surface area contributed by atoms with E-state index in [-0.39, 0.29) is 28.9 Å². The first-order valence-corrected chi connectivity index (χ1v) is 11.1. The van der Waals surface area contributed by atoms with E-state index < -0.39 is 8.32 Å². The number of carbonyl (C=O) groups is 1. The van der Waals surface area contributed by atoms with Crippen LogP contribution in [0.1, 0.15) is 47.5 Å². The minimum Gasteiger partial charge on any atom is -0.417 e. The summed E-state index contributed by atoms with van der Waals surface area (Å²) in [5, 5.41) is 0.206. The van der Waals surface area contributed by atoms with Crippen LogP contribution in [0.25, 0.3) is 0 Å². The third-order valence-electron chi connectivity index (χ3n) is 4.86. The van der Waals surface area contributed by atoms with Crippen molar-refractivity contribution in [2.45, 2.75) is 71.9 Å². The quantitative estimate of drug-likeness (QED) is 0.443. The van der Waals surface area contributed by atoms with Crippen molar-refractivity contribution in [1.29, 1.82) is 0 Å². The summed E-state index contributed by atoms with van der Waals surface area (Å²) in [6.07, 6.45) is 1.06. The minimum absolute atomic E-state index is 0.00845. The largest absolute Gasteiger partial charge is 0.417 e. The number of hydrogen-bond donors (Lipinski definition) is 0. The third-order valence-corrected chi connectivity index (χ3v) is 9.40. The Hall–Kier alpha value is -0.233. The molecule has 0 bridgehead atoms. The van der Waals surface area contributed by atoms with Crippen LogP contribution in [0, 0.1) is 11.8 Å². The maximum Gasteiger partial charge on any atom is 0.191 e. The van der Waals surface area contributed by atoms with E-state index in [0.29, 0.717) is 13.0 Å². The summed E-state index contributed by atoms with van der Waals surface area (Å²) >= 11 is 0. The summed E-state index contributed by atoms with van der Waals surface area (Å²) in [5.41, 5.74) is 0. The lowest BCUT2D eigenvalue weighted by atomic mass is 9.91. The highest BCUT2D eigenvalue weighted by Crippen LogP contribution is 2.36. The second-order valence-corrected chi connectivity index (χ2v) is 12.5. The van der Waals surface area contributed by atoms with Gasteiger partial charge in [-0.15, -0.1) is 0 Å². The Morgan fingerprint density at radius 2 is 1.55 bits per heavy atom. The molecule has 0 unspecified atom stereocenters. The van der Waals surface area contributed by atoms with E-state index >= 15 is 0 Å². The van der Waals surface area contributed by atoms with E-state index in [0.717, 1.165) is 6.42 Å². The van der Waals surface area contributed by atoms with Gasteiger partial charge in [0.2, 0.25) is 0 Å². The zero-order chi connectivity index (χ0) is 17.6. The van der Waals surface area contributed by atoms with Gasteiger partial charge < -0.3 is 13.9 Å². The van der Waals surface area contributed by atoms with Crippen LogP contribution >= 0.6 is 0 Å². The summed E-state index contributed by atoms with van der Waals surface area (Å²) < 4.78 is 16.5. The first-order chi connectivity index (χ1) is 9.96. The molecule has 0 aliphatic rings. The van der Waals surface area contributed by atoms with Gasteiger partial charge in [0.1, 0.15) is 5.78 Å². The van der Waals surface area contributed by atoms with Crippen molar-refractivity contribution in [2.75, 3.05) is 20.8 Å². The van der Waals surface area contributed by atoms with Crippen molar-refractivity contribution in [3.63, 3.8) is 0 Å². The summed E-state index contributed by atoms with van der Waals surface area (Å²) in [7, 11) is 1.48. The Labute approximate surface area is 138 Å². The molecule has 0 rings (SSSR count). The predicted octanol–water partition coefficient (Wildman–Crippen LogP) is 4.25. The molecule has 0 spiro atoms. The van der Waals surface area contributed by atoms with Crippen LogP contribution in [0.3, 0.4) is 0 Å². The Bertz CT molecular complexity index is 332. The molecular formula is C17H36O4Si. The van der Waals surface area contributed by atoms with E-state index in [9.17, 15) is 4.79 Å². The van der Waals surface area contributed by atoms with Gasteiger partial charge >= 0.3 is 0 Å². The molecule has 2 atom stereocenters. The highest BCUT2D eigenvalue weighted by atomic mass is 28.4. The molecule has 0 amide bonds. The highest BCUT2D eigenvalue weighted by Gasteiger charge is 2.37. The van der Waals surface area contributed by atoms with Crippen LogP contribution in [-0.4, -0.2) is 41.2 Å². The van der Waals surface area contributed by atoms with Crippen LogP contribution in [0.2, 0.25) is 18.1 Å². The Morgan fingerprint density at radius 1 is 1.05 bits per heavy atom. The molecule has 0 aliphatic heterocycles. The van der Waals surface area contributed by atoms with Crippen molar-refractivity contribution < 1.29 is 18.7 Å². The monoisotopic (exact) mass is 332 g/mol. The van der Waals surface area contributed by atoms with Gasteiger partial charge in [-0.25, -0.2) is 0 Å². The zero-order valence-corrected chi connectivity index (χ0v) is 17.0. The van der Waals surface area contributed by atoms with Gasteiger partial charge in [-0.05, 0) is 24.6 Å². The van der Waals surface area contributed by atoms with Crippen molar-refractivity contribution >= 4 is 14.1 Å². The lowest BCUT2D eigenvalue weighted by Gasteiger charge is -2.36. The number of Topliss-reactive ketones (excluding diaryl/α,β-unsaturated/α-hetero) is 1. The number of ketones is 1. The molecule has 132 valence electrons. The molecule has 0 fully saturated rings. The number of ether oxygens (including phenoxy) is 2. The molecule has 0 radical (unpaired) electrons. The van der Waals surface area contributed by atoms with Gasteiger partial charge in [0.15, 0.2) is 14.6 Å². The number of methoxy groups -OCH3 is 2. The summed E-state index contributed by atoms with van der Waals surface area (Å²) in [4.78, 5) is 12.4. The molecule has 0 aromatic rings.